The molecule has 1 atom stereocenters. The monoisotopic (exact) mass is 239 g/mol. The van der Waals surface area contributed by atoms with Crippen LogP contribution in [0.15, 0.2) is 22.8 Å². The van der Waals surface area contributed by atoms with Crippen molar-refractivity contribution < 1.29 is 9.42 Å². The van der Waals surface area contributed by atoms with Crippen molar-refractivity contribution in [2.75, 3.05) is 0 Å². The van der Waals surface area contributed by atoms with Crippen LogP contribution in [0.5, 0.6) is 0 Å². The third-order valence-corrected chi connectivity index (χ3v) is 2.34. The average molecular weight is 240 g/mol. The molecular formula is C10H10ClN3O2. The number of rotatable bonds is 3. The second kappa shape index (κ2) is 4.49. The molecule has 0 radical (unpaired) electrons. The molecule has 6 heteroatoms. The van der Waals surface area contributed by atoms with Gasteiger partial charge < -0.3 is 5.32 Å². The summed E-state index contributed by atoms with van der Waals surface area (Å²) >= 11 is 5.62. The number of fused-ring (bicyclic) bond motifs is 1. The van der Waals surface area contributed by atoms with Crippen LogP contribution in [0.4, 0.5) is 0 Å². The summed E-state index contributed by atoms with van der Waals surface area (Å²) in [6, 6.07) is 5.45. The van der Waals surface area contributed by atoms with Gasteiger partial charge in [0.05, 0.1) is 0 Å². The highest BCUT2D eigenvalue weighted by molar-refractivity contribution is 6.30. The molecule has 2 rings (SSSR count). The summed E-state index contributed by atoms with van der Waals surface area (Å²) in [5.74, 6) is -0.194. The van der Waals surface area contributed by atoms with E-state index in [1.54, 1.807) is 13.0 Å². The summed E-state index contributed by atoms with van der Waals surface area (Å²) in [6.45, 7) is 2.04. The van der Waals surface area contributed by atoms with E-state index in [2.05, 4.69) is 20.3 Å². The number of amides is 1. The molecule has 0 aliphatic rings. The van der Waals surface area contributed by atoms with Gasteiger partial charge in [-0.05, 0) is 34.9 Å². The predicted octanol–water partition coefficient (Wildman–Crippen LogP) is 1.47. The second-order valence-electron chi connectivity index (χ2n) is 3.42. The topological polar surface area (TPSA) is 68.0 Å². The standard InChI is InChI=1S/C10H10ClN3O2/c1-6(11)10(15)12-5-7-2-3-8-9(4-7)14-16-13-8/h2-4,6H,5H2,1H3,(H,12,15). The zero-order chi connectivity index (χ0) is 11.5. The first-order valence-corrected chi connectivity index (χ1v) is 5.23. The first-order valence-electron chi connectivity index (χ1n) is 4.80. The van der Waals surface area contributed by atoms with Gasteiger partial charge in [-0.15, -0.1) is 11.6 Å². The number of aromatic nitrogens is 2. The SMILES string of the molecule is CC(Cl)C(=O)NCc1ccc2nonc2c1. The highest BCUT2D eigenvalue weighted by Gasteiger charge is 2.08. The maximum Gasteiger partial charge on any atom is 0.238 e. The van der Waals surface area contributed by atoms with Crippen LogP contribution in [-0.4, -0.2) is 21.6 Å². The van der Waals surface area contributed by atoms with Crippen LogP contribution >= 0.6 is 11.6 Å². The van der Waals surface area contributed by atoms with Gasteiger partial charge in [-0.3, -0.25) is 4.79 Å². The fourth-order valence-electron chi connectivity index (χ4n) is 1.27. The molecule has 1 aromatic heterocycles. The molecule has 1 N–H and O–H groups in total. The first kappa shape index (κ1) is 10.9. The number of nitrogens with zero attached hydrogens (tertiary/aromatic N) is 2. The molecule has 1 unspecified atom stereocenters. The molecule has 2 aromatic rings. The van der Waals surface area contributed by atoms with E-state index in [1.807, 2.05) is 12.1 Å². The van der Waals surface area contributed by atoms with Crippen LogP contribution in [0.1, 0.15) is 12.5 Å². The van der Waals surface area contributed by atoms with Gasteiger partial charge in [0, 0.05) is 6.54 Å². The van der Waals surface area contributed by atoms with Crippen molar-refractivity contribution in [2.24, 2.45) is 0 Å². The lowest BCUT2D eigenvalue weighted by molar-refractivity contribution is -0.120. The van der Waals surface area contributed by atoms with Gasteiger partial charge in [0.2, 0.25) is 5.91 Å². The minimum atomic E-state index is -0.530. The quantitative estimate of drug-likeness (QED) is 0.824. The van der Waals surface area contributed by atoms with Crippen LogP contribution in [0.25, 0.3) is 11.0 Å². The fraction of sp³-hybridized carbons (Fsp3) is 0.300. The third kappa shape index (κ3) is 2.30. The summed E-state index contributed by atoms with van der Waals surface area (Å²) in [6.07, 6.45) is 0. The number of carbonyl (C=O) groups is 1. The van der Waals surface area contributed by atoms with E-state index in [4.69, 9.17) is 11.6 Å². The molecule has 0 saturated heterocycles. The molecule has 84 valence electrons. The molecule has 1 aromatic carbocycles. The molecule has 1 amide bonds. The van der Waals surface area contributed by atoms with Crippen molar-refractivity contribution in [3.63, 3.8) is 0 Å². The second-order valence-corrected chi connectivity index (χ2v) is 4.08. The van der Waals surface area contributed by atoms with Gasteiger partial charge in [0.15, 0.2) is 0 Å². The number of halogens is 1. The van der Waals surface area contributed by atoms with Gasteiger partial charge in [-0.1, -0.05) is 6.07 Å². The highest BCUT2D eigenvalue weighted by atomic mass is 35.5. The molecule has 0 saturated carbocycles. The van der Waals surface area contributed by atoms with Crippen LogP contribution in [0, 0.1) is 0 Å². The van der Waals surface area contributed by atoms with Gasteiger partial charge in [-0.2, -0.15) is 0 Å². The fourth-order valence-corrected chi connectivity index (χ4v) is 1.34. The summed E-state index contributed by atoms with van der Waals surface area (Å²) in [7, 11) is 0. The molecular weight excluding hydrogens is 230 g/mol. The zero-order valence-corrected chi connectivity index (χ0v) is 9.36. The van der Waals surface area contributed by atoms with Crippen molar-refractivity contribution >= 4 is 28.5 Å². The van der Waals surface area contributed by atoms with Crippen molar-refractivity contribution in [1.29, 1.82) is 0 Å². The summed E-state index contributed by atoms with van der Waals surface area (Å²) in [4.78, 5) is 11.2. The van der Waals surface area contributed by atoms with E-state index in [0.717, 1.165) is 5.56 Å². The number of hydrogen-bond donors (Lipinski definition) is 1. The summed E-state index contributed by atoms with van der Waals surface area (Å²) in [5.41, 5.74) is 2.29. The maximum atomic E-state index is 11.2. The van der Waals surface area contributed by atoms with Gasteiger partial charge in [0.25, 0.3) is 0 Å². The van der Waals surface area contributed by atoms with Crippen LogP contribution in [0.3, 0.4) is 0 Å². The highest BCUT2D eigenvalue weighted by Crippen LogP contribution is 2.11. The van der Waals surface area contributed by atoms with Crippen LogP contribution in [0.2, 0.25) is 0 Å². The first-order chi connectivity index (χ1) is 7.66. The minimum Gasteiger partial charge on any atom is -0.351 e. The predicted molar refractivity (Wildman–Crippen MR) is 59.0 cm³/mol. The average Bonchev–Trinajstić information content (AvgIpc) is 2.72. The zero-order valence-electron chi connectivity index (χ0n) is 8.61. The Morgan fingerprint density at radius 2 is 2.25 bits per heavy atom. The largest absolute Gasteiger partial charge is 0.351 e. The van der Waals surface area contributed by atoms with E-state index in [0.29, 0.717) is 17.6 Å². The van der Waals surface area contributed by atoms with Gasteiger partial charge in [0.1, 0.15) is 16.4 Å². The molecule has 0 aliphatic heterocycles. The number of nitrogens with one attached hydrogen (secondary N) is 1. The lowest BCUT2D eigenvalue weighted by atomic mass is 10.2. The maximum absolute atomic E-state index is 11.2. The minimum absolute atomic E-state index is 0.194. The number of benzene rings is 1. The molecule has 5 nitrogen and oxygen atoms in total. The van der Waals surface area contributed by atoms with Crippen molar-refractivity contribution in [3.05, 3.63) is 23.8 Å². The molecule has 0 spiro atoms. The number of carbonyl (C=O) groups excluding carboxylic acids is 1. The Hall–Kier alpha value is -1.62. The number of hydrogen-bond acceptors (Lipinski definition) is 4. The Morgan fingerprint density at radius 1 is 1.50 bits per heavy atom. The van der Waals surface area contributed by atoms with Crippen LogP contribution < -0.4 is 5.32 Å². The Morgan fingerprint density at radius 3 is 3.00 bits per heavy atom. The van der Waals surface area contributed by atoms with Gasteiger partial charge in [-0.25, -0.2) is 4.63 Å². The molecule has 0 bridgehead atoms. The molecule has 1 heterocycles. The van der Waals surface area contributed by atoms with Crippen LogP contribution in [-0.2, 0) is 11.3 Å². The summed E-state index contributed by atoms with van der Waals surface area (Å²) < 4.78 is 4.58. The molecule has 0 aliphatic carbocycles. The molecule has 0 fully saturated rings. The number of alkyl halides is 1. The molecule has 16 heavy (non-hydrogen) atoms. The van der Waals surface area contributed by atoms with Crippen molar-refractivity contribution in [3.8, 4) is 0 Å². The van der Waals surface area contributed by atoms with Crippen molar-refractivity contribution in [1.82, 2.24) is 15.6 Å². The van der Waals surface area contributed by atoms with Gasteiger partial charge >= 0.3 is 0 Å². The Kier molecular flexibility index (Phi) is 3.05. The lowest BCUT2D eigenvalue weighted by Crippen LogP contribution is -2.28. The van der Waals surface area contributed by atoms with E-state index in [1.165, 1.54) is 0 Å². The Bertz CT molecular complexity index is 509. The summed E-state index contributed by atoms with van der Waals surface area (Å²) in [5, 5.41) is 9.58. The van der Waals surface area contributed by atoms with E-state index >= 15 is 0 Å². The van der Waals surface area contributed by atoms with E-state index in [-0.39, 0.29) is 5.91 Å². The smallest absolute Gasteiger partial charge is 0.238 e. The van der Waals surface area contributed by atoms with E-state index in [9.17, 15) is 4.79 Å². The normalized spacial score (nSPS) is 12.6. The lowest BCUT2D eigenvalue weighted by Gasteiger charge is -2.05. The third-order valence-electron chi connectivity index (χ3n) is 2.15. The van der Waals surface area contributed by atoms with Crippen molar-refractivity contribution in [2.45, 2.75) is 18.8 Å². The van der Waals surface area contributed by atoms with E-state index < -0.39 is 5.38 Å². The Balaban J connectivity index is 2.06. The Labute approximate surface area is 96.7 Å².